The van der Waals surface area contributed by atoms with Gasteiger partial charge < -0.3 is 3.87 Å². The summed E-state index contributed by atoms with van der Waals surface area (Å²) in [5.41, 5.74) is 1.89. The summed E-state index contributed by atoms with van der Waals surface area (Å²) in [5.74, 6) is 0. The molecule has 19 heavy (non-hydrogen) atoms. The van der Waals surface area contributed by atoms with Crippen LogP contribution in [0.2, 0.25) is 18.1 Å². The minimum atomic E-state index is -3.64. The van der Waals surface area contributed by atoms with Gasteiger partial charge in [-0.15, -0.1) is 0 Å². The van der Waals surface area contributed by atoms with Crippen LogP contribution in [0, 0.1) is 13.8 Å². The zero-order valence-electron chi connectivity index (χ0n) is 12.5. The third kappa shape index (κ3) is 3.90. The maximum Gasteiger partial charge on any atom is 0.287 e. The molecule has 0 N–H and O–H groups in total. The van der Waals surface area contributed by atoms with Crippen LogP contribution in [-0.4, -0.2) is 16.7 Å². The van der Waals surface area contributed by atoms with Gasteiger partial charge in [-0.1, -0.05) is 26.8 Å². The molecule has 0 amide bonds. The van der Waals surface area contributed by atoms with E-state index in [1.165, 1.54) is 0 Å². The van der Waals surface area contributed by atoms with Crippen molar-refractivity contribution in [2.45, 2.75) is 57.6 Å². The molecular weight excluding hydrogens is 276 g/mol. The van der Waals surface area contributed by atoms with Crippen LogP contribution in [0.5, 0.6) is 0 Å². The van der Waals surface area contributed by atoms with Gasteiger partial charge in [0.1, 0.15) is 0 Å². The molecule has 1 rings (SSSR count). The number of benzene rings is 1. The summed E-state index contributed by atoms with van der Waals surface area (Å²) in [4.78, 5) is 0.289. The van der Waals surface area contributed by atoms with Crippen LogP contribution in [0.1, 0.15) is 31.9 Å². The number of hydrogen-bond acceptors (Lipinski definition) is 3. The van der Waals surface area contributed by atoms with Crippen molar-refractivity contribution in [3.63, 3.8) is 0 Å². The molecule has 0 saturated heterocycles. The highest BCUT2D eigenvalue weighted by Gasteiger charge is 2.35. The maximum atomic E-state index is 12.4. The topological polar surface area (TPSA) is 43.4 Å². The zero-order chi connectivity index (χ0) is 14.7. The van der Waals surface area contributed by atoms with Gasteiger partial charge in [0.25, 0.3) is 10.1 Å². The smallest absolute Gasteiger partial charge is 0.287 e. The van der Waals surface area contributed by atoms with E-state index in [-0.39, 0.29) is 4.90 Å². The number of aryl methyl sites for hydroxylation is 2. The lowest BCUT2D eigenvalue weighted by Crippen LogP contribution is -2.38. The van der Waals surface area contributed by atoms with Crippen molar-refractivity contribution in [3.8, 4) is 0 Å². The third-order valence-corrected chi connectivity index (χ3v) is 10.7. The Morgan fingerprint density at radius 3 is 1.74 bits per heavy atom. The minimum Gasteiger partial charge on any atom is -0.311 e. The predicted octanol–water partition coefficient (Wildman–Crippen LogP) is 4.01. The largest absolute Gasteiger partial charge is 0.311 e. The van der Waals surface area contributed by atoms with Gasteiger partial charge in [-0.25, -0.2) is 0 Å². The van der Waals surface area contributed by atoms with Crippen LogP contribution in [0.15, 0.2) is 23.1 Å². The first-order valence-electron chi connectivity index (χ1n) is 6.82. The first-order valence-corrected chi connectivity index (χ1v) is 10.8. The second kappa shape index (κ2) is 6.20. The van der Waals surface area contributed by atoms with Gasteiger partial charge in [0, 0.05) is 0 Å². The molecule has 1 aromatic rings. The van der Waals surface area contributed by atoms with Crippen molar-refractivity contribution in [2.24, 2.45) is 0 Å². The predicted molar refractivity (Wildman–Crippen MR) is 81.4 cm³/mol. The Kier molecular flexibility index (Phi) is 5.35. The number of hydrogen-bond donors (Lipinski definition) is 0. The lowest BCUT2D eigenvalue weighted by molar-refractivity contribution is 0.474. The second-order valence-corrected chi connectivity index (χ2v) is 11.6. The third-order valence-electron chi connectivity index (χ3n) is 3.70. The summed E-state index contributed by atoms with van der Waals surface area (Å²) in [5, 5.41) is 0. The molecule has 0 aliphatic carbocycles. The normalized spacial score (nSPS) is 12.7. The Hall–Kier alpha value is -0.653. The maximum absolute atomic E-state index is 12.4. The summed E-state index contributed by atoms with van der Waals surface area (Å²) >= 11 is 0. The number of rotatable bonds is 6. The van der Waals surface area contributed by atoms with E-state index in [1.54, 1.807) is 12.1 Å². The molecule has 0 spiro atoms. The molecule has 0 unspecified atom stereocenters. The van der Waals surface area contributed by atoms with E-state index in [0.29, 0.717) is 0 Å². The Morgan fingerprint density at radius 2 is 1.37 bits per heavy atom. The molecular formula is C14H24O3SSi. The quantitative estimate of drug-likeness (QED) is 0.745. The van der Waals surface area contributed by atoms with Crippen molar-refractivity contribution in [1.82, 2.24) is 0 Å². The molecule has 0 heterocycles. The van der Waals surface area contributed by atoms with Crippen LogP contribution < -0.4 is 0 Å². The van der Waals surface area contributed by atoms with E-state index >= 15 is 0 Å². The van der Waals surface area contributed by atoms with Gasteiger partial charge in [-0.2, -0.15) is 8.42 Å². The molecule has 0 radical (unpaired) electrons. The average molecular weight is 300 g/mol. The second-order valence-electron chi connectivity index (χ2n) is 5.10. The first kappa shape index (κ1) is 16.4. The Morgan fingerprint density at radius 1 is 0.947 bits per heavy atom. The average Bonchev–Trinajstić information content (AvgIpc) is 2.35. The summed E-state index contributed by atoms with van der Waals surface area (Å²) in [6.07, 6.45) is 0. The summed E-state index contributed by atoms with van der Waals surface area (Å²) in [6, 6.07) is 7.80. The monoisotopic (exact) mass is 300 g/mol. The fourth-order valence-electron chi connectivity index (χ4n) is 2.28. The molecule has 0 bridgehead atoms. The molecule has 108 valence electrons. The minimum absolute atomic E-state index is 0.289. The Labute approximate surface area is 118 Å². The van der Waals surface area contributed by atoms with Crippen LogP contribution in [0.4, 0.5) is 0 Å². The van der Waals surface area contributed by atoms with Crippen molar-refractivity contribution in [2.75, 3.05) is 0 Å². The molecule has 5 heteroatoms. The van der Waals surface area contributed by atoms with Gasteiger partial charge in [0.15, 0.2) is 0 Å². The highest BCUT2D eigenvalue weighted by Crippen LogP contribution is 2.27. The lowest BCUT2D eigenvalue weighted by Gasteiger charge is -2.27. The van der Waals surface area contributed by atoms with E-state index in [0.717, 1.165) is 29.3 Å². The van der Waals surface area contributed by atoms with E-state index in [4.69, 9.17) is 3.87 Å². The van der Waals surface area contributed by atoms with Gasteiger partial charge >= 0.3 is 0 Å². The highest BCUT2D eigenvalue weighted by atomic mass is 32.2. The first-order chi connectivity index (χ1) is 8.78. The van der Waals surface area contributed by atoms with Crippen LogP contribution in [0.25, 0.3) is 0 Å². The van der Waals surface area contributed by atoms with Crippen molar-refractivity contribution in [1.29, 1.82) is 0 Å². The molecule has 3 nitrogen and oxygen atoms in total. The SMILES string of the molecule is CC[Si](CC)(CC)OS(=O)(=O)c1cc(C)cc(C)c1. The van der Waals surface area contributed by atoms with Gasteiger partial charge in [-0.05, 0) is 55.2 Å². The molecule has 0 aliphatic rings. The molecule has 1 aromatic carbocycles. The van der Waals surface area contributed by atoms with Crippen LogP contribution >= 0.6 is 0 Å². The van der Waals surface area contributed by atoms with Crippen molar-refractivity contribution in [3.05, 3.63) is 29.3 Å². The van der Waals surface area contributed by atoms with Gasteiger partial charge in [0.2, 0.25) is 8.32 Å². The summed E-state index contributed by atoms with van der Waals surface area (Å²) in [6.45, 7) is 9.87. The Balaban J connectivity index is 3.17. The van der Waals surface area contributed by atoms with Crippen molar-refractivity contribution >= 4 is 18.4 Å². The van der Waals surface area contributed by atoms with Crippen LogP contribution in [-0.2, 0) is 14.0 Å². The molecule has 0 aromatic heterocycles. The fraction of sp³-hybridized carbons (Fsp3) is 0.571. The molecule has 0 aliphatic heterocycles. The van der Waals surface area contributed by atoms with E-state index < -0.39 is 18.4 Å². The van der Waals surface area contributed by atoms with E-state index in [9.17, 15) is 8.42 Å². The molecule has 0 saturated carbocycles. The highest BCUT2D eigenvalue weighted by molar-refractivity contribution is 7.87. The van der Waals surface area contributed by atoms with Crippen LogP contribution in [0.3, 0.4) is 0 Å². The lowest BCUT2D eigenvalue weighted by atomic mass is 10.2. The van der Waals surface area contributed by atoms with Gasteiger partial charge in [0.05, 0.1) is 4.90 Å². The summed E-state index contributed by atoms with van der Waals surface area (Å²) in [7, 11) is -5.80. The standard InChI is InChI=1S/C14H24O3SSi/c1-6-19(7-2,8-3)17-18(15,16)14-10-12(4)9-13(5)11-14/h9-11H,6-8H2,1-5H3. The summed E-state index contributed by atoms with van der Waals surface area (Å²) < 4.78 is 30.6. The van der Waals surface area contributed by atoms with Crippen molar-refractivity contribution < 1.29 is 12.3 Å². The molecule has 0 fully saturated rings. The van der Waals surface area contributed by atoms with E-state index in [1.807, 2.05) is 40.7 Å². The molecule has 0 atom stereocenters. The fourth-order valence-corrected chi connectivity index (χ4v) is 8.11. The van der Waals surface area contributed by atoms with Gasteiger partial charge in [-0.3, -0.25) is 0 Å². The van der Waals surface area contributed by atoms with E-state index in [2.05, 4.69) is 0 Å². The zero-order valence-corrected chi connectivity index (χ0v) is 14.3. The Bertz CT molecular complexity index is 505.